The second-order valence-corrected chi connectivity index (χ2v) is 5.34. The van der Waals surface area contributed by atoms with Crippen LogP contribution in [0.5, 0.6) is 5.75 Å². The molecule has 0 atom stereocenters. The molecule has 0 aliphatic carbocycles. The average Bonchev–Trinajstić information content (AvgIpc) is 2.97. The van der Waals surface area contributed by atoms with Crippen molar-refractivity contribution in [3.05, 3.63) is 64.7 Å². The largest absolute Gasteiger partial charge is 0.497 e. The maximum absolute atomic E-state index is 5.25. The van der Waals surface area contributed by atoms with Gasteiger partial charge >= 0.3 is 0 Å². The average molecular weight is 282 g/mol. The lowest BCUT2D eigenvalue weighted by molar-refractivity contribution is 0.415. The summed E-state index contributed by atoms with van der Waals surface area (Å²) in [6.45, 7) is 0. The summed E-state index contributed by atoms with van der Waals surface area (Å²) in [4.78, 5) is 8.82. The number of hydrogen-bond acceptors (Lipinski definition) is 4. The van der Waals surface area contributed by atoms with Gasteiger partial charge in [0.25, 0.3) is 0 Å². The van der Waals surface area contributed by atoms with Crippen LogP contribution in [-0.2, 0) is 6.42 Å². The van der Waals surface area contributed by atoms with Crippen LogP contribution in [0.25, 0.3) is 11.3 Å². The van der Waals surface area contributed by atoms with Gasteiger partial charge in [-0.15, -0.1) is 11.3 Å². The number of nitrogens with zero attached hydrogens (tertiary/aromatic N) is 2. The van der Waals surface area contributed by atoms with Crippen molar-refractivity contribution in [3.63, 3.8) is 0 Å². The highest BCUT2D eigenvalue weighted by Crippen LogP contribution is 2.26. The van der Waals surface area contributed by atoms with E-state index in [1.807, 2.05) is 36.5 Å². The molecule has 3 rings (SSSR count). The third-order valence-electron chi connectivity index (χ3n) is 3.00. The van der Waals surface area contributed by atoms with Crippen LogP contribution in [0.3, 0.4) is 0 Å². The number of pyridine rings is 1. The lowest BCUT2D eigenvalue weighted by atomic mass is 10.1. The summed E-state index contributed by atoms with van der Waals surface area (Å²) in [6.07, 6.45) is 4.49. The molecule has 0 bridgehead atoms. The van der Waals surface area contributed by atoms with Crippen molar-refractivity contribution in [2.75, 3.05) is 7.11 Å². The zero-order valence-electron chi connectivity index (χ0n) is 11.1. The highest BCUT2D eigenvalue weighted by molar-refractivity contribution is 7.10. The van der Waals surface area contributed by atoms with E-state index in [4.69, 9.17) is 4.74 Å². The Balaban J connectivity index is 1.83. The van der Waals surface area contributed by atoms with Gasteiger partial charge in [-0.2, -0.15) is 0 Å². The highest BCUT2D eigenvalue weighted by Gasteiger charge is 2.06. The van der Waals surface area contributed by atoms with Crippen molar-refractivity contribution in [1.29, 1.82) is 0 Å². The molecule has 0 spiro atoms. The minimum absolute atomic E-state index is 0.822. The Kier molecular flexibility index (Phi) is 3.74. The van der Waals surface area contributed by atoms with E-state index in [1.54, 1.807) is 24.6 Å². The van der Waals surface area contributed by atoms with Crippen LogP contribution in [0, 0.1) is 0 Å². The molecule has 3 aromatic rings. The van der Waals surface area contributed by atoms with Gasteiger partial charge in [-0.1, -0.05) is 18.2 Å². The molecule has 2 heterocycles. The first kappa shape index (κ1) is 12.8. The van der Waals surface area contributed by atoms with Gasteiger partial charge in [0, 0.05) is 29.8 Å². The number of methoxy groups -OCH3 is 1. The maximum atomic E-state index is 5.25. The smallest absolute Gasteiger partial charge is 0.119 e. The lowest BCUT2D eigenvalue weighted by Gasteiger charge is -2.01. The summed E-state index contributed by atoms with van der Waals surface area (Å²) < 4.78 is 5.25. The predicted molar refractivity (Wildman–Crippen MR) is 81.1 cm³/mol. The van der Waals surface area contributed by atoms with Crippen LogP contribution < -0.4 is 4.74 Å². The molecular formula is C16H14N2OS. The van der Waals surface area contributed by atoms with Crippen LogP contribution >= 0.6 is 11.3 Å². The highest BCUT2D eigenvalue weighted by atomic mass is 32.1. The van der Waals surface area contributed by atoms with Gasteiger partial charge in [-0.05, 0) is 23.8 Å². The van der Waals surface area contributed by atoms with Crippen molar-refractivity contribution in [3.8, 4) is 17.0 Å². The topological polar surface area (TPSA) is 35.0 Å². The fraction of sp³-hybridized carbons (Fsp3) is 0.125. The molecule has 100 valence electrons. The second-order valence-electron chi connectivity index (χ2n) is 4.40. The van der Waals surface area contributed by atoms with Crippen molar-refractivity contribution in [1.82, 2.24) is 9.97 Å². The molecule has 0 N–H and O–H groups in total. The van der Waals surface area contributed by atoms with Crippen LogP contribution in [0.4, 0.5) is 0 Å². The summed E-state index contributed by atoms with van der Waals surface area (Å²) in [7, 11) is 1.67. The Labute approximate surface area is 121 Å². The molecule has 0 fully saturated rings. The molecule has 1 aromatic carbocycles. The predicted octanol–water partition coefficient (Wildman–Crippen LogP) is 3.80. The lowest BCUT2D eigenvalue weighted by Crippen LogP contribution is -1.88. The van der Waals surface area contributed by atoms with Crippen LogP contribution in [0.1, 0.15) is 10.6 Å². The third-order valence-corrected chi connectivity index (χ3v) is 3.84. The van der Waals surface area contributed by atoms with Crippen LogP contribution in [-0.4, -0.2) is 17.1 Å². The van der Waals surface area contributed by atoms with Gasteiger partial charge < -0.3 is 4.74 Å². The molecule has 20 heavy (non-hydrogen) atoms. The SMILES string of the molecule is COc1cccc(-c2csc(Cc3cccnc3)n2)c1. The zero-order valence-corrected chi connectivity index (χ0v) is 11.9. The van der Waals surface area contributed by atoms with E-state index < -0.39 is 0 Å². The van der Waals surface area contributed by atoms with Gasteiger partial charge in [0.15, 0.2) is 0 Å². The number of rotatable bonds is 4. The van der Waals surface area contributed by atoms with E-state index in [9.17, 15) is 0 Å². The molecule has 4 heteroatoms. The van der Waals surface area contributed by atoms with E-state index in [0.717, 1.165) is 28.4 Å². The Morgan fingerprint density at radius 2 is 2.15 bits per heavy atom. The fourth-order valence-corrected chi connectivity index (χ4v) is 2.82. The molecule has 0 aliphatic rings. The summed E-state index contributed by atoms with van der Waals surface area (Å²) in [5.41, 5.74) is 3.25. The standard InChI is InChI=1S/C16H14N2OS/c1-19-14-6-2-5-13(9-14)15-11-20-16(18-15)8-12-4-3-7-17-10-12/h2-7,9-11H,8H2,1H3. The van der Waals surface area contributed by atoms with E-state index in [1.165, 1.54) is 5.56 Å². The first-order chi connectivity index (χ1) is 9.85. The second kappa shape index (κ2) is 5.84. The van der Waals surface area contributed by atoms with Gasteiger partial charge in [0.05, 0.1) is 17.8 Å². The van der Waals surface area contributed by atoms with Crippen molar-refractivity contribution < 1.29 is 4.74 Å². The van der Waals surface area contributed by atoms with Gasteiger partial charge in [0.2, 0.25) is 0 Å². The maximum Gasteiger partial charge on any atom is 0.119 e. The third kappa shape index (κ3) is 2.86. The molecule has 2 aromatic heterocycles. The van der Waals surface area contributed by atoms with E-state index in [-0.39, 0.29) is 0 Å². The Morgan fingerprint density at radius 3 is 2.95 bits per heavy atom. The van der Waals surface area contributed by atoms with Crippen molar-refractivity contribution >= 4 is 11.3 Å². The summed E-state index contributed by atoms with van der Waals surface area (Å²) in [6, 6.07) is 12.0. The number of ether oxygens (including phenoxy) is 1. The van der Waals surface area contributed by atoms with Gasteiger partial charge in [-0.25, -0.2) is 4.98 Å². The van der Waals surface area contributed by atoms with Gasteiger partial charge in [0.1, 0.15) is 5.75 Å². The summed E-state index contributed by atoms with van der Waals surface area (Å²) in [5, 5.41) is 3.18. The molecule has 0 saturated heterocycles. The minimum atomic E-state index is 0.822. The summed E-state index contributed by atoms with van der Waals surface area (Å²) >= 11 is 1.67. The van der Waals surface area contributed by atoms with Crippen LogP contribution in [0.2, 0.25) is 0 Å². The first-order valence-electron chi connectivity index (χ1n) is 6.33. The molecule has 0 unspecified atom stereocenters. The zero-order chi connectivity index (χ0) is 13.8. The van der Waals surface area contributed by atoms with Crippen molar-refractivity contribution in [2.24, 2.45) is 0 Å². The number of aromatic nitrogens is 2. The Hall–Kier alpha value is -2.20. The van der Waals surface area contributed by atoms with Gasteiger partial charge in [-0.3, -0.25) is 4.98 Å². The normalized spacial score (nSPS) is 10.4. The molecule has 0 aliphatic heterocycles. The fourth-order valence-electron chi connectivity index (χ4n) is 1.98. The first-order valence-corrected chi connectivity index (χ1v) is 7.21. The molecule has 0 amide bonds. The monoisotopic (exact) mass is 282 g/mol. The quantitative estimate of drug-likeness (QED) is 0.730. The Bertz CT molecular complexity index is 694. The van der Waals surface area contributed by atoms with E-state index in [0.29, 0.717) is 0 Å². The van der Waals surface area contributed by atoms with Crippen LogP contribution in [0.15, 0.2) is 54.2 Å². The summed E-state index contributed by atoms with van der Waals surface area (Å²) in [5.74, 6) is 0.851. The molecular weight excluding hydrogens is 268 g/mol. The van der Waals surface area contributed by atoms with E-state index >= 15 is 0 Å². The molecule has 0 radical (unpaired) electrons. The number of benzene rings is 1. The number of thiazole rings is 1. The minimum Gasteiger partial charge on any atom is -0.497 e. The molecule has 0 saturated carbocycles. The Morgan fingerprint density at radius 1 is 1.20 bits per heavy atom. The van der Waals surface area contributed by atoms with Crippen molar-refractivity contribution in [2.45, 2.75) is 6.42 Å². The number of hydrogen-bond donors (Lipinski definition) is 0. The van der Waals surface area contributed by atoms with E-state index in [2.05, 4.69) is 21.4 Å². The molecule has 3 nitrogen and oxygen atoms in total.